The highest BCUT2D eigenvalue weighted by Gasteiger charge is 2.14. The van der Waals surface area contributed by atoms with Crippen LogP contribution in [0.4, 0.5) is 0 Å². The summed E-state index contributed by atoms with van der Waals surface area (Å²) in [4.78, 5) is 18.9. The molecule has 0 N–H and O–H groups in total. The number of rotatable bonds is 7. The molecule has 3 aromatic carbocycles. The number of amides is 1. The van der Waals surface area contributed by atoms with E-state index in [9.17, 15) is 4.79 Å². The molecule has 4 aromatic rings. The molecule has 0 unspecified atom stereocenters. The van der Waals surface area contributed by atoms with E-state index in [-0.39, 0.29) is 5.91 Å². The number of aromatic nitrogens is 1. The molecule has 156 valence electrons. The molecule has 0 radical (unpaired) electrons. The molecule has 1 amide bonds. The third-order valence-electron chi connectivity index (χ3n) is 5.38. The Morgan fingerprint density at radius 3 is 2.39 bits per heavy atom. The normalized spacial score (nSPS) is 10.8. The predicted molar refractivity (Wildman–Crippen MR) is 123 cm³/mol. The third kappa shape index (κ3) is 5.10. The number of carbonyl (C=O) groups excluding carboxylic acids is 1. The van der Waals surface area contributed by atoms with Crippen LogP contribution in [0.1, 0.15) is 23.4 Å². The smallest absolute Gasteiger partial charge is 0.223 e. The minimum absolute atomic E-state index is 0.0675. The van der Waals surface area contributed by atoms with Gasteiger partial charge >= 0.3 is 0 Å². The largest absolute Gasteiger partial charge is 0.441 e. The van der Waals surface area contributed by atoms with Crippen LogP contribution in [0.25, 0.3) is 22.5 Å². The van der Waals surface area contributed by atoms with Crippen molar-refractivity contribution in [3.8, 4) is 22.5 Å². The lowest BCUT2D eigenvalue weighted by molar-refractivity contribution is -0.130. The van der Waals surface area contributed by atoms with E-state index in [0.29, 0.717) is 25.3 Å². The van der Waals surface area contributed by atoms with Crippen LogP contribution in [0.2, 0.25) is 0 Å². The number of oxazole rings is 1. The summed E-state index contributed by atoms with van der Waals surface area (Å²) in [6.45, 7) is 2.61. The number of aryl methyl sites for hydroxylation is 2. The Kier molecular flexibility index (Phi) is 6.27. The van der Waals surface area contributed by atoms with E-state index in [2.05, 4.69) is 36.2 Å². The van der Waals surface area contributed by atoms with E-state index in [4.69, 9.17) is 4.42 Å². The Hall–Kier alpha value is -3.66. The van der Waals surface area contributed by atoms with Crippen molar-refractivity contribution in [2.45, 2.75) is 26.3 Å². The minimum Gasteiger partial charge on any atom is -0.441 e. The lowest BCUT2D eigenvalue weighted by Crippen LogP contribution is -2.26. The van der Waals surface area contributed by atoms with Gasteiger partial charge in [-0.25, -0.2) is 4.98 Å². The SMILES string of the molecule is Cc1ccc(-c2cnc(CCC(=O)N(C)Cc3ccccc3-c3ccccc3)o2)cc1. The summed E-state index contributed by atoms with van der Waals surface area (Å²) in [7, 11) is 1.84. The molecule has 1 heterocycles. The monoisotopic (exact) mass is 410 g/mol. The van der Waals surface area contributed by atoms with Gasteiger partial charge in [-0.15, -0.1) is 0 Å². The van der Waals surface area contributed by atoms with Crippen LogP contribution < -0.4 is 0 Å². The Morgan fingerprint density at radius 1 is 0.903 bits per heavy atom. The topological polar surface area (TPSA) is 46.3 Å². The van der Waals surface area contributed by atoms with Gasteiger partial charge in [-0.2, -0.15) is 0 Å². The molecule has 0 aliphatic heterocycles. The Morgan fingerprint density at radius 2 is 1.61 bits per heavy atom. The van der Waals surface area contributed by atoms with Crippen LogP contribution in [-0.4, -0.2) is 22.8 Å². The summed E-state index contributed by atoms with van der Waals surface area (Å²) < 4.78 is 5.85. The van der Waals surface area contributed by atoms with Gasteiger partial charge in [-0.05, 0) is 23.6 Å². The van der Waals surface area contributed by atoms with Crippen molar-refractivity contribution in [1.29, 1.82) is 0 Å². The highest BCUT2D eigenvalue weighted by Crippen LogP contribution is 2.25. The Bertz CT molecular complexity index is 1150. The Labute approximate surface area is 183 Å². The second-order valence-electron chi connectivity index (χ2n) is 7.76. The molecular weight excluding hydrogens is 384 g/mol. The lowest BCUT2D eigenvalue weighted by atomic mass is 9.99. The molecule has 0 spiro atoms. The first-order valence-electron chi connectivity index (χ1n) is 10.5. The number of benzene rings is 3. The molecular formula is C27H26N2O2. The molecule has 1 aromatic heterocycles. The maximum atomic E-state index is 12.7. The molecule has 0 bridgehead atoms. The van der Waals surface area contributed by atoms with Crippen LogP contribution >= 0.6 is 0 Å². The van der Waals surface area contributed by atoms with Crippen LogP contribution in [-0.2, 0) is 17.8 Å². The van der Waals surface area contributed by atoms with E-state index >= 15 is 0 Å². The molecule has 4 rings (SSSR count). The second kappa shape index (κ2) is 9.43. The van der Waals surface area contributed by atoms with E-state index in [1.807, 2.05) is 61.6 Å². The van der Waals surface area contributed by atoms with E-state index < -0.39 is 0 Å². The van der Waals surface area contributed by atoms with Crippen LogP contribution in [0.15, 0.2) is 89.5 Å². The lowest BCUT2D eigenvalue weighted by Gasteiger charge is -2.19. The van der Waals surface area contributed by atoms with Gasteiger partial charge in [0.1, 0.15) is 0 Å². The van der Waals surface area contributed by atoms with Crippen LogP contribution in [0.3, 0.4) is 0 Å². The molecule has 0 atom stereocenters. The van der Waals surface area contributed by atoms with Gasteiger partial charge in [-0.3, -0.25) is 4.79 Å². The van der Waals surface area contributed by atoms with E-state index in [0.717, 1.165) is 28.0 Å². The number of nitrogens with zero attached hydrogens (tertiary/aromatic N) is 2. The zero-order chi connectivity index (χ0) is 21.6. The van der Waals surface area contributed by atoms with Gasteiger partial charge in [0, 0.05) is 32.0 Å². The van der Waals surface area contributed by atoms with E-state index in [1.54, 1.807) is 11.1 Å². The fourth-order valence-corrected chi connectivity index (χ4v) is 3.58. The summed E-state index contributed by atoms with van der Waals surface area (Å²) in [6, 6.07) is 26.6. The van der Waals surface area contributed by atoms with Crippen molar-refractivity contribution in [1.82, 2.24) is 9.88 Å². The molecule has 4 heteroatoms. The van der Waals surface area contributed by atoms with Crippen LogP contribution in [0.5, 0.6) is 0 Å². The number of hydrogen-bond donors (Lipinski definition) is 0. The highest BCUT2D eigenvalue weighted by molar-refractivity contribution is 5.76. The van der Waals surface area contributed by atoms with Crippen molar-refractivity contribution in [3.05, 3.63) is 102 Å². The molecule has 0 saturated carbocycles. The molecule has 4 nitrogen and oxygen atoms in total. The predicted octanol–water partition coefficient (Wildman–Crippen LogP) is 5.91. The quantitative estimate of drug-likeness (QED) is 0.381. The summed E-state index contributed by atoms with van der Waals surface area (Å²) in [5, 5.41) is 0. The van der Waals surface area contributed by atoms with Gasteiger partial charge in [0.05, 0.1) is 6.20 Å². The molecule has 0 aliphatic carbocycles. The first kappa shape index (κ1) is 20.6. The average Bonchev–Trinajstić information content (AvgIpc) is 3.28. The molecule has 31 heavy (non-hydrogen) atoms. The third-order valence-corrected chi connectivity index (χ3v) is 5.38. The van der Waals surface area contributed by atoms with Crippen LogP contribution in [0, 0.1) is 6.92 Å². The zero-order valence-corrected chi connectivity index (χ0v) is 17.9. The number of carbonyl (C=O) groups is 1. The fourth-order valence-electron chi connectivity index (χ4n) is 3.58. The summed E-state index contributed by atoms with van der Waals surface area (Å²) in [5.41, 5.74) is 5.62. The maximum Gasteiger partial charge on any atom is 0.223 e. The van der Waals surface area contributed by atoms with Crippen molar-refractivity contribution in [2.75, 3.05) is 7.05 Å². The van der Waals surface area contributed by atoms with Gasteiger partial charge in [0.25, 0.3) is 0 Å². The highest BCUT2D eigenvalue weighted by atomic mass is 16.4. The van der Waals surface area contributed by atoms with Crippen molar-refractivity contribution >= 4 is 5.91 Å². The summed E-state index contributed by atoms with van der Waals surface area (Å²) >= 11 is 0. The molecule has 0 fully saturated rings. The maximum absolute atomic E-state index is 12.7. The standard InChI is InChI=1S/C27H26N2O2/c1-20-12-14-22(15-13-20)25-18-28-26(31-25)16-17-27(30)29(2)19-23-10-6-7-11-24(23)21-8-4-3-5-9-21/h3-15,18H,16-17,19H2,1-2H3. The minimum atomic E-state index is 0.0675. The fraction of sp³-hybridized carbons (Fsp3) is 0.185. The van der Waals surface area contributed by atoms with Crippen molar-refractivity contribution in [2.24, 2.45) is 0 Å². The van der Waals surface area contributed by atoms with Crippen molar-refractivity contribution < 1.29 is 9.21 Å². The van der Waals surface area contributed by atoms with E-state index in [1.165, 1.54) is 5.56 Å². The van der Waals surface area contributed by atoms with Crippen molar-refractivity contribution in [3.63, 3.8) is 0 Å². The first-order chi connectivity index (χ1) is 15.1. The molecule has 0 aliphatic rings. The first-order valence-corrected chi connectivity index (χ1v) is 10.5. The average molecular weight is 411 g/mol. The van der Waals surface area contributed by atoms with Gasteiger partial charge in [0.15, 0.2) is 11.7 Å². The number of hydrogen-bond acceptors (Lipinski definition) is 3. The molecule has 0 saturated heterocycles. The summed E-state index contributed by atoms with van der Waals surface area (Å²) in [5.74, 6) is 1.38. The zero-order valence-electron chi connectivity index (χ0n) is 17.9. The second-order valence-corrected chi connectivity index (χ2v) is 7.76. The summed E-state index contributed by atoms with van der Waals surface area (Å²) in [6.07, 6.45) is 2.57. The van der Waals surface area contributed by atoms with Gasteiger partial charge < -0.3 is 9.32 Å². The van der Waals surface area contributed by atoms with Gasteiger partial charge in [0.2, 0.25) is 5.91 Å². The Balaban J connectivity index is 1.38. The van der Waals surface area contributed by atoms with Gasteiger partial charge in [-0.1, -0.05) is 84.4 Å².